The van der Waals surface area contributed by atoms with Gasteiger partial charge in [0.25, 0.3) is 0 Å². The second-order valence-electron chi connectivity index (χ2n) is 4.71. The molecular formula is C18H13FO2. The van der Waals surface area contributed by atoms with Gasteiger partial charge in [-0.2, -0.15) is 0 Å². The van der Waals surface area contributed by atoms with E-state index in [4.69, 9.17) is 4.74 Å². The van der Waals surface area contributed by atoms with Crippen LogP contribution in [0.1, 0.15) is 15.9 Å². The molecule has 0 fully saturated rings. The van der Waals surface area contributed by atoms with Crippen molar-refractivity contribution < 1.29 is 13.9 Å². The highest BCUT2D eigenvalue weighted by Crippen LogP contribution is 2.24. The molecule has 2 nitrogen and oxygen atoms in total. The number of hydrogen-bond acceptors (Lipinski definition) is 2. The van der Waals surface area contributed by atoms with Gasteiger partial charge in [0.15, 0.2) is 17.3 Å². The summed E-state index contributed by atoms with van der Waals surface area (Å²) in [4.78, 5) is 12.6. The van der Waals surface area contributed by atoms with Gasteiger partial charge in [0.2, 0.25) is 0 Å². The maximum absolute atomic E-state index is 13.8. The van der Waals surface area contributed by atoms with E-state index in [-0.39, 0.29) is 11.5 Å². The average Bonchev–Trinajstić information content (AvgIpc) is 2.53. The SMILES string of the molecule is COc1ccc(C(=O)c2cccc3ccccc23)cc1F. The summed E-state index contributed by atoms with van der Waals surface area (Å²) in [5, 5.41) is 1.85. The Labute approximate surface area is 121 Å². The summed E-state index contributed by atoms with van der Waals surface area (Å²) in [6.07, 6.45) is 0. The Bertz CT molecular complexity index is 819. The van der Waals surface area contributed by atoms with E-state index in [2.05, 4.69) is 0 Å². The fourth-order valence-electron chi connectivity index (χ4n) is 2.39. The van der Waals surface area contributed by atoms with Crippen LogP contribution in [0.2, 0.25) is 0 Å². The van der Waals surface area contributed by atoms with Gasteiger partial charge in [-0.1, -0.05) is 42.5 Å². The Balaban J connectivity index is 2.10. The second-order valence-corrected chi connectivity index (χ2v) is 4.71. The molecule has 0 N–H and O–H groups in total. The monoisotopic (exact) mass is 280 g/mol. The van der Waals surface area contributed by atoms with Crippen molar-refractivity contribution in [1.82, 2.24) is 0 Å². The molecule has 21 heavy (non-hydrogen) atoms. The molecule has 0 aliphatic heterocycles. The highest BCUT2D eigenvalue weighted by Gasteiger charge is 2.14. The zero-order valence-corrected chi connectivity index (χ0v) is 11.5. The Morgan fingerprint density at radius 2 is 1.76 bits per heavy atom. The molecule has 0 heterocycles. The molecule has 0 aliphatic carbocycles. The summed E-state index contributed by atoms with van der Waals surface area (Å²) in [7, 11) is 1.39. The molecular weight excluding hydrogens is 267 g/mol. The third-order valence-electron chi connectivity index (χ3n) is 3.45. The van der Waals surface area contributed by atoms with Crippen LogP contribution in [0, 0.1) is 5.82 Å². The van der Waals surface area contributed by atoms with E-state index >= 15 is 0 Å². The van der Waals surface area contributed by atoms with Crippen LogP contribution in [0.4, 0.5) is 4.39 Å². The van der Waals surface area contributed by atoms with Crippen LogP contribution in [0.25, 0.3) is 10.8 Å². The van der Waals surface area contributed by atoms with Gasteiger partial charge in [-0.05, 0) is 29.0 Å². The Morgan fingerprint density at radius 1 is 1.00 bits per heavy atom. The Kier molecular flexibility index (Phi) is 3.40. The average molecular weight is 280 g/mol. The first kappa shape index (κ1) is 13.3. The lowest BCUT2D eigenvalue weighted by Gasteiger charge is -2.07. The molecule has 0 bridgehead atoms. The number of fused-ring (bicyclic) bond motifs is 1. The normalized spacial score (nSPS) is 10.6. The van der Waals surface area contributed by atoms with Crippen LogP contribution < -0.4 is 4.74 Å². The van der Waals surface area contributed by atoms with Crippen LogP contribution >= 0.6 is 0 Å². The van der Waals surface area contributed by atoms with Gasteiger partial charge in [0, 0.05) is 11.1 Å². The third kappa shape index (κ3) is 2.38. The van der Waals surface area contributed by atoms with E-state index in [1.165, 1.54) is 19.2 Å². The molecule has 0 aliphatic rings. The lowest BCUT2D eigenvalue weighted by molar-refractivity contribution is 0.104. The zero-order chi connectivity index (χ0) is 14.8. The molecule has 3 heteroatoms. The molecule has 0 unspecified atom stereocenters. The number of halogens is 1. The van der Waals surface area contributed by atoms with Crippen LogP contribution in [0.5, 0.6) is 5.75 Å². The fraction of sp³-hybridized carbons (Fsp3) is 0.0556. The van der Waals surface area contributed by atoms with Crippen LogP contribution in [0.15, 0.2) is 60.7 Å². The van der Waals surface area contributed by atoms with Crippen molar-refractivity contribution in [2.75, 3.05) is 7.11 Å². The standard InChI is InChI=1S/C18H13FO2/c1-21-17-10-9-13(11-16(17)19)18(20)15-8-4-6-12-5-2-3-7-14(12)15/h2-11H,1H3. The van der Waals surface area contributed by atoms with Gasteiger partial charge in [0.1, 0.15) is 0 Å². The third-order valence-corrected chi connectivity index (χ3v) is 3.45. The summed E-state index contributed by atoms with van der Waals surface area (Å²) in [5.74, 6) is -0.610. The summed E-state index contributed by atoms with van der Waals surface area (Å²) >= 11 is 0. The molecule has 0 atom stereocenters. The first-order valence-electron chi connectivity index (χ1n) is 6.56. The van der Waals surface area contributed by atoms with E-state index in [0.29, 0.717) is 11.1 Å². The molecule has 3 aromatic carbocycles. The number of ketones is 1. The number of methoxy groups -OCH3 is 1. The number of ether oxygens (including phenoxy) is 1. The van der Waals surface area contributed by atoms with E-state index in [9.17, 15) is 9.18 Å². The van der Waals surface area contributed by atoms with Gasteiger partial charge in [0.05, 0.1) is 7.11 Å². The predicted octanol–water partition coefficient (Wildman–Crippen LogP) is 4.22. The lowest BCUT2D eigenvalue weighted by atomic mass is 9.97. The molecule has 0 saturated heterocycles. The van der Waals surface area contributed by atoms with Crippen LogP contribution in [-0.2, 0) is 0 Å². The summed E-state index contributed by atoms with van der Waals surface area (Å²) in [6, 6.07) is 17.4. The second kappa shape index (κ2) is 5.37. The molecule has 0 radical (unpaired) electrons. The van der Waals surface area contributed by atoms with Gasteiger partial charge in [-0.15, -0.1) is 0 Å². The molecule has 3 aromatic rings. The van der Waals surface area contributed by atoms with Crippen molar-refractivity contribution >= 4 is 16.6 Å². The van der Waals surface area contributed by atoms with E-state index in [1.54, 1.807) is 12.1 Å². The number of rotatable bonds is 3. The van der Waals surface area contributed by atoms with E-state index in [0.717, 1.165) is 10.8 Å². The maximum atomic E-state index is 13.8. The van der Waals surface area contributed by atoms with Crippen molar-refractivity contribution in [3.63, 3.8) is 0 Å². The largest absolute Gasteiger partial charge is 0.494 e. The minimum Gasteiger partial charge on any atom is -0.494 e. The van der Waals surface area contributed by atoms with E-state index < -0.39 is 5.82 Å². The number of carbonyl (C=O) groups is 1. The Morgan fingerprint density at radius 3 is 2.52 bits per heavy atom. The fourth-order valence-corrected chi connectivity index (χ4v) is 2.39. The van der Waals surface area contributed by atoms with Gasteiger partial charge < -0.3 is 4.74 Å². The van der Waals surface area contributed by atoms with E-state index in [1.807, 2.05) is 36.4 Å². The first-order chi connectivity index (χ1) is 10.2. The van der Waals surface area contributed by atoms with Crippen molar-refractivity contribution in [3.8, 4) is 5.75 Å². The molecule has 0 amide bonds. The van der Waals surface area contributed by atoms with Crippen LogP contribution in [0.3, 0.4) is 0 Å². The quantitative estimate of drug-likeness (QED) is 0.671. The van der Waals surface area contributed by atoms with Gasteiger partial charge in [-0.3, -0.25) is 4.79 Å². The summed E-state index contributed by atoms with van der Waals surface area (Å²) < 4.78 is 18.6. The molecule has 0 spiro atoms. The van der Waals surface area contributed by atoms with Crippen molar-refractivity contribution in [3.05, 3.63) is 77.6 Å². The molecule has 0 aromatic heterocycles. The summed E-state index contributed by atoms with van der Waals surface area (Å²) in [5.41, 5.74) is 0.877. The molecule has 3 rings (SSSR count). The van der Waals surface area contributed by atoms with Crippen LogP contribution in [-0.4, -0.2) is 12.9 Å². The Hall–Kier alpha value is -2.68. The maximum Gasteiger partial charge on any atom is 0.193 e. The van der Waals surface area contributed by atoms with Gasteiger partial charge >= 0.3 is 0 Å². The zero-order valence-electron chi connectivity index (χ0n) is 11.5. The number of hydrogen-bond donors (Lipinski definition) is 0. The first-order valence-corrected chi connectivity index (χ1v) is 6.56. The smallest absolute Gasteiger partial charge is 0.193 e. The number of carbonyl (C=O) groups excluding carboxylic acids is 1. The minimum absolute atomic E-state index is 0.129. The minimum atomic E-state index is -0.538. The number of benzene rings is 3. The highest BCUT2D eigenvalue weighted by molar-refractivity contribution is 6.16. The van der Waals surface area contributed by atoms with Crippen molar-refractivity contribution in [2.45, 2.75) is 0 Å². The summed E-state index contributed by atoms with van der Waals surface area (Å²) in [6.45, 7) is 0. The van der Waals surface area contributed by atoms with Crippen molar-refractivity contribution in [2.24, 2.45) is 0 Å². The molecule has 0 saturated carbocycles. The lowest BCUT2D eigenvalue weighted by Crippen LogP contribution is -2.03. The predicted molar refractivity (Wildman–Crippen MR) is 80.3 cm³/mol. The highest BCUT2D eigenvalue weighted by atomic mass is 19.1. The molecule has 104 valence electrons. The topological polar surface area (TPSA) is 26.3 Å². The van der Waals surface area contributed by atoms with Gasteiger partial charge in [-0.25, -0.2) is 4.39 Å². The van der Waals surface area contributed by atoms with Crippen molar-refractivity contribution in [1.29, 1.82) is 0 Å².